The number of aromatic amines is 1. The smallest absolute Gasteiger partial charge is 0.272 e. The number of para-hydroxylation sites is 1. The molecule has 0 saturated carbocycles. The highest BCUT2D eigenvalue weighted by molar-refractivity contribution is 6.08. The second kappa shape index (κ2) is 5.68. The van der Waals surface area contributed by atoms with Crippen LogP contribution in [0.2, 0.25) is 0 Å². The van der Waals surface area contributed by atoms with Crippen LogP contribution in [0.5, 0.6) is 0 Å². The van der Waals surface area contributed by atoms with Crippen molar-refractivity contribution in [1.29, 1.82) is 0 Å². The predicted octanol–water partition coefficient (Wildman–Crippen LogP) is 4.60. The molecule has 0 spiro atoms. The number of rotatable bonds is 3. The molecule has 0 aliphatic heterocycles. The summed E-state index contributed by atoms with van der Waals surface area (Å²) in [6, 6.07) is 14.1. The second-order valence-corrected chi connectivity index (χ2v) is 5.64. The van der Waals surface area contributed by atoms with Gasteiger partial charge >= 0.3 is 0 Å². The van der Waals surface area contributed by atoms with Crippen molar-refractivity contribution in [3.8, 4) is 0 Å². The molecule has 1 amide bonds. The van der Waals surface area contributed by atoms with E-state index in [-0.39, 0.29) is 5.91 Å². The van der Waals surface area contributed by atoms with Gasteiger partial charge in [-0.25, -0.2) is 0 Å². The van der Waals surface area contributed by atoms with Gasteiger partial charge < -0.3 is 10.3 Å². The number of carbonyl (C=O) groups excluding carboxylic acids is 1. The number of carbonyl (C=O) groups is 1. The van der Waals surface area contributed by atoms with Crippen molar-refractivity contribution in [2.24, 2.45) is 0 Å². The molecule has 0 radical (unpaired) electrons. The summed E-state index contributed by atoms with van der Waals surface area (Å²) in [4.78, 5) is 15.9. The molecule has 0 unspecified atom stereocenters. The van der Waals surface area contributed by atoms with Gasteiger partial charge in [-0.15, -0.1) is 0 Å². The Balaban J connectivity index is 1.97. The summed E-state index contributed by atoms with van der Waals surface area (Å²) >= 11 is 0. The number of hydrogen-bond acceptors (Lipinski definition) is 1. The molecule has 0 atom stereocenters. The summed E-state index contributed by atoms with van der Waals surface area (Å²) in [5.74, 6) is -0.0905. The van der Waals surface area contributed by atoms with E-state index in [0.29, 0.717) is 5.69 Å². The Bertz CT molecular complexity index is 846. The average Bonchev–Trinajstić information content (AvgIpc) is 2.85. The lowest BCUT2D eigenvalue weighted by atomic mass is 10.1. The quantitative estimate of drug-likeness (QED) is 0.728. The number of aryl methyl sites for hydroxylation is 3. The number of hydrogen-bond donors (Lipinski definition) is 2. The molecule has 3 nitrogen and oxygen atoms in total. The lowest BCUT2D eigenvalue weighted by molar-refractivity contribution is 0.102. The number of aromatic nitrogens is 1. The number of H-pyrrole nitrogens is 1. The molecule has 0 aliphatic carbocycles. The van der Waals surface area contributed by atoms with E-state index >= 15 is 0 Å². The molecule has 2 N–H and O–H groups in total. The summed E-state index contributed by atoms with van der Waals surface area (Å²) in [5, 5.41) is 4.13. The molecular weight excluding hydrogens is 272 g/mol. The summed E-state index contributed by atoms with van der Waals surface area (Å²) < 4.78 is 0. The van der Waals surface area contributed by atoms with Crippen molar-refractivity contribution >= 4 is 22.5 Å². The largest absolute Gasteiger partial charge is 0.350 e. The van der Waals surface area contributed by atoms with Crippen molar-refractivity contribution in [2.75, 3.05) is 5.32 Å². The fourth-order valence-corrected chi connectivity index (χ4v) is 2.80. The fraction of sp³-hybridized carbons (Fsp3) is 0.211. The predicted molar refractivity (Wildman–Crippen MR) is 91.5 cm³/mol. The minimum Gasteiger partial charge on any atom is -0.350 e. The van der Waals surface area contributed by atoms with Crippen molar-refractivity contribution in [3.63, 3.8) is 0 Å². The van der Waals surface area contributed by atoms with Crippen LogP contribution in [0.15, 0.2) is 42.5 Å². The first-order valence-electron chi connectivity index (χ1n) is 7.58. The van der Waals surface area contributed by atoms with Gasteiger partial charge in [0.15, 0.2) is 0 Å². The van der Waals surface area contributed by atoms with E-state index in [1.54, 1.807) is 0 Å². The maximum atomic E-state index is 12.6. The minimum absolute atomic E-state index is 0.0905. The maximum absolute atomic E-state index is 12.6. The van der Waals surface area contributed by atoms with Crippen molar-refractivity contribution in [1.82, 2.24) is 4.98 Å². The van der Waals surface area contributed by atoms with E-state index in [0.717, 1.165) is 34.1 Å². The van der Waals surface area contributed by atoms with E-state index in [4.69, 9.17) is 0 Å². The molecule has 1 heterocycles. The Hall–Kier alpha value is -2.55. The van der Waals surface area contributed by atoms with Crippen molar-refractivity contribution in [2.45, 2.75) is 27.2 Å². The molecule has 0 aliphatic rings. The highest BCUT2D eigenvalue weighted by Gasteiger charge is 2.15. The monoisotopic (exact) mass is 292 g/mol. The molecular formula is C19H20N2O. The molecule has 3 heteroatoms. The Kier molecular flexibility index (Phi) is 3.72. The topological polar surface area (TPSA) is 44.9 Å². The third-order valence-corrected chi connectivity index (χ3v) is 4.09. The van der Waals surface area contributed by atoms with Crippen LogP contribution in [0.25, 0.3) is 10.9 Å². The molecule has 0 bridgehead atoms. The Morgan fingerprint density at radius 3 is 2.68 bits per heavy atom. The van der Waals surface area contributed by atoms with Crippen LogP contribution in [-0.2, 0) is 6.42 Å². The molecule has 0 fully saturated rings. The summed E-state index contributed by atoms with van der Waals surface area (Å²) in [7, 11) is 0. The molecule has 3 aromatic rings. The number of fused-ring (bicyclic) bond motifs is 1. The normalized spacial score (nSPS) is 10.9. The van der Waals surface area contributed by atoms with E-state index < -0.39 is 0 Å². The SMILES string of the molecule is CCc1ccccc1NC(=O)c1[nH]c2ccc(C)cc2c1C. The van der Waals surface area contributed by atoms with Crippen LogP contribution >= 0.6 is 0 Å². The number of nitrogens with one attached hydrogen (secondary N) is 2. The van der Waals surface area contributed by atoms with Gasteiger partial charge in [-0.2, -0.15) is 0 Å². The molecule has 112 valence electrons. The Morgan fingerprint density at radius 2 is 1.91 bits per heavy atom. The minimum atomic E-state index is -0.0905. The lowest BCUT2D eigenvalue weighted by Crippen LogP contribution is -2.14. The zero-order chi connectivity index (χ0) is 15.7. The highest BCUT2D eigenvalue weighted by atomic mass is 16.1. The zero-order valence-corrected chi connectivity index (χ0v) is 13.2. The van der Waals surface area contributed by atoms with Crippen LogP contribution in [0.1, 0.15) is 34.1 Å². The van der Waals surface area contributed by atoms with Crippen molar-refractivity contribution in [3.05, 3.63) is 64.8 Å². The summed E-state index contributed by atoms with van der Waals surface area (Å²) in [6.07, 6.45) is 0.890. The summed E-state index contributed by atoms with van der Waals surface area (Å²) in [5.41, 5.74) is 5.83. The highest BCUT2D eigenvalue weighted by Crippen LogP contribution is 2.24. The van der Waals surface area contributed by atoms with Gasteiger partial charge in [-0.1, -0.05) is 36.8 Å². The van der Waals surface area contributed by atoms with Crippen LogP contribution < -0.4 is 5.32 Å². The Labute approximate surface area is 130 Å². The molecule has 22 heavy (non-hydrogen) atoms. The third kappa shape index (κ3) is 2.50. The first kappa shape index (κ1) is 14.4. The van der Waals surface area contributed by atoms with E-state index in [1.165, 1.54) is 5.56 Å². The number of anilines is 1. The van der Waals surface area contributed by atoms with E-state index in [2.05, 4.69) is 30.2 Å². The second-order valence-electron chi connectivity index (χ2n) is 5.64. The molecule has 2 aromatic carbocycles. The van der Waals surface area contributed by atoms with Gasteiger partial charge in [-0.3, -0.25) is 4.79 Å². The average molecular weight is 292 g/mol. The van der Waals surface area contributed by atoms with Crippen molar-refractivity contribution < 1.29 is 4.79 Å². The third-order valence-electron chi connectivity index (χ3n) is 4.09. The standard InChI is InChI=1S/C19H20N2O/c1-4-14-7-5-6-8-16(14)21-19(22)18-13(3)15-11-12(2)9-10-17(15)20-18/h5-11,20H,4H2,1-3H3,(H,21,22). The summed E-state index contributed by atoms with van der Waals surface area (Å²) in [6.45, 7) is 6.13. The number of benzene rings is 2. The van der Waals surface area contributed by atoms with Crippen LogP contribution in [0.4, 0.5) is 5.69 Å². The van der Waals surface area contributed by atoms with Crippen LogP contribution in [0.3, 0.4) is 0 Å². The molecule has 1 aromatic heterocycles. The molecule has 0 saturated heterocycles. The maximum Gasteiger partial charge on any atom is 0.272 e. The molecule has 3 rings (SSSR count). The van der Waals surface area contributed by atoms with Gasteiger partial charge in [0.2, 0.25) is 0 Å². The fourth-order valence-electron chi connectivity index (χ4n) is 2.80. The van der Waals surface area contributed by atoms with Gasteiger partial charge in [0.25, 0.3) is 5.91 Å². The van der Waals surface area contributed by atoms with Crippen LogP contribution in [-0.4, -0.2) is 10.9 Å². The number of amides is 1. The van der Waals surface area contributed by atoms with E-state index in [9.17, 15) is 4.79 Å². The van der Waals surface area contributed by atoms with E-state index in [1.807, 2.05) is 43.3 Å². The van der Waals surface area contributed by atoms with Crippen LogP contribution in [0, 0.1) is 13.8 Å². The first-order valence-corrected chi connectivity index (χ1v) is 7.58. The first-order chi connectivity index (χ1) is 10.6. The lowest BCUT2D eigenvalue weighted by Gasteiger charge is -2.09. The zero-order valence-electron chi connectivity index (χ0n) is 13.2. The Morgan fingerprint density at radius 1 is 1.14 bits per heavy atom. The van der Waals surface area contributed by atoms with Gasteiger partial charge in [0.1, 0.15) is 5.69 Å². The van der Waals surface area contributed by atoms with Gasteiger partial charge in [0.05, 0.1) is 0 Å². The van der Waals surface area contributed by atoms with Gasteiger partial charge in [0, 0.05) is 16.6 Å². The van der Waals surface area contributed by atoms with Gasteiger partial charge in [-0.05, 0) is 49.6 Å².